The van der Waals surface area contributed by atoms with E-state index in [2.05, 4.69) is 9.97 Å². The molecule has 1 aliphatic rings. The van der Waals surface area contributed by atoms with E-state index in [0.29, 0.717) is 10.3 Å². The number of H-pyrrole nitrogens is 1. The second kappa shape index (κ2) is 4.61. The van der Waals surface area contributed by atoms with Crippen molar-refractivity contribution in [2.75, 3.05) is 6.61 Å². The van der Waals surface area contributed by atoms with Crippen molar-refractivity contribution in [1.82, 2.24) is 14.5 Å². The van der Waals surface area contributed by atoms with Crippen molar-refractivity contribution in [3.63, 3.8) is 0 Å². The lowest BCUT2D eigenvalue weighted by atomic mass is 9.96. The van der Waals surface area contributed by atoms with Crippen LogP contribution in [0, 0.1) is 4.64 Å². The zero-order valence-corrected chi connectivity index (χ0v) is 11.5. The molecule has 3 rings (SSSR count). The Labute approximate surface area is 119 Å². The molecule has 20 heavy (non-hydrogen) atoms. The van der Waals surface area contributed by atoms with Gasteiger partial charge in [-0.25, -0.2) is 4.98 Å². The summed E-state index contributed by atoms with van der Waals surface area (Å²) >= 11 is 5.13. The third-order valence-electron chi connectivity index (χ3n) is 3.72. The normalized spacial score (nSPS) is 33.9. The van der Waals surface area contributed by atoms with Gasteiger partial charge >= 0.3 is 0 Å². The Kier molecular flexibility index (Phi) is 3.14. The zero-order valence-electron chi connectivity index (χ0n) is 10.7. The number of hydrogen-bond acceptors (Lipinski definition) is 6. The van der Waals surface area contributed by atoms with Gasteiger partial charge in [0.2, 0.25) is 0 Å². The number of nitrogens with zero attached hydrogens (tertiary/aromatic N) is 2. The van der Waals surface area contributed by atoms with Crippen molar-refractivity contribution < 1.29 is 20.1 Å². The highest BCUT2D eigenvalue weighted by atomic mass is 32.1. The van der Waals surface area contributed by atoms with Gasteiger partial charge in [-0.15, -0.1) is 0 Å². The summed E-state index contributed by atoms with van der Waals surface area (Å²) in [6.07, 6.45) is 0.312. The fourth-order valence-corrected chi connectivity index (χ4v) is 2.80. The fraction of sp³-hybridized carbons (Fsp3) is 0.500. The Hall–Kier alpha value is -1.32. The highest BCUT2D eigenvalue weighted by molar-refractivity contribution is 7.71. The fourth-order valence-electron chi connectivity index (χ4n) is 2.58. The molecule has 108 valence electrons. The van der Waals surface area contributed by atoms with Crippen molar-refractivity contribution in [2.24, 2.45) is 0 Å². The quantitative estimate of drug-likeness (QED) is 0.586. The first-order valence-electron chi connectivity index (χ1n) is 6.17. The Morgan fingerprint density at radius 1 is 1.60 bits per heavy atom. The van der Waals surface area contributed by atoms with Crippen LogP contribution in [0.4, 0.5) is 0 Å². The third-order valence-corrected chi connectivity index (χ3v) is 4.04. The van der Waals surface area contributed by atoms with E-state index in [1.807, 2.05) is 0 Å². The van der Waals surface area contributed by atoms with Gasteiger partial charge in [0.25, 0.3) is 0 Å². The van der Waals surface area contributed by atoms with Crippen LogP contribution in [-0.4, -0.2) is 54.3 Å². The second-order valence-corrected chi connectivity index (χ2v) is 5.46. The van der Waals surface area contributed by atoms with Crippen LogP contribution in [0.2, 0.25) is 0 Å². The van der Waals surface area contributed by atoms with Gasteiger partial charge in [0.1, 0.15) is 28.1 Å². The molecule has 2 aromatic heterocycles. The summed E-state index contributed by atoms with van der Waals surface area (Å²) < 4.78 is 7.65. The molecular weight excluding hydrogens is 282 g/mol. The van der Waals surface area contributed by atoms with E-state index in [1.54, 1.807) is 16.8 Å². The smallest absolute Gasteiger partial charge is 0.167 e. The molecule has 7 nitrogen and oxygen atoms in total. The van der Waals surface area contributed by atoms with E-state index in [0.717, 1.165) is 5.39 Å². The first-order valence-corrected chi connectivity index (χ1v) is 6.58. The van der Waals surface area contributed by atoms with E-state index >= 15 is 0 Å². The number of aliphatic hydroxyl groups excluding tert-OH is 2. The predicted octanol–water partition coefficient (Wildman–Crippen LogP) is 0.0955. The number of rotatable bonds is 2. The molecular formula is C12H15N3O4S. The van der Waals surface area contributed by atoms with E-state index < -0.39 is 24.0 Å². The van der Waals surface area contributed by atoms with E-state index in [-0.39, 0.29) is 6.61 Å². The van der Waals surface area contributed by atoms with Crippen LogP contribution in [0.3, 0.4) is 0 Å². The average molecular weight is 297 g/mol. The maximum atomic E-state index is 10.5. The molecule has 8 heteroatoms. The monoisotopic (exact) mass is 297 g/mol. The molecule has 0 aromatic carbocycles. The minimum atomic E-state index is -1.53. The van der Waals surface area contributed by atoms with E-state index in [1.165, 1.54) is 13.3 Å². The molecule has 0 saturated carbocycles. The van der Waals surface area contributed by atoms with Crippen LogP contribution < -0.4 is 0 Å². The van der Waals surface area contributed by atoms with Crippen LogP contribution >= 0.6 is 12.2 Å². The summed E-state index contributed by atoms with van der Waals surface area (Å²) in [6, 6.07) is 1.76. The molecule has 0 spiro atoms. The molecule has 4 N–H and O–H groups in total. The number of aromatic nitrogens is 3. The Bertz CT molecular complexity index is 695. The first-order chi connectivity index (χ1) is 9.46. The molecule has 0 bridgehead atoms. The minimum Gasteiger partial charge on any atom is -0.394 e. The number of nitrogens with one attached hydrogen (secondary N) is 1. The van der Waals surface area contributed by atoms with Gasteiger partial charge in [0.05, 0.1) is 18.3 Å². The highest BCUT2D eigenvalue weighted by Crippen LogP contribution is 2.39. The lowest BCUT2D eigenvalue weighted by Crippen LogP contribution is -2.44. The SMILES string of the molecule is CC1(O)C(O)[C@@H](CO)OC1n1ccc2c(=S)nc[nH]c21. The summed E-state index contributed by atoms with van der Waals surface area (Å²) in [7, 11) is 0. The summed E-state index contributed by atoms with van der Waals surface area (Å²) in [5.74, 6) is 0. The highest BCUT2D eigenvalue weighted by Gasteiger charge is 2.53. The Balaban J connectivity index is 2.12. The molecule has 0 radical (unpaired) electrons. The average Bonchev–Trinajstić information content (AvgIpc) is 2.92. The maximum absolute atomic E-state index is 10.5. The van der Waals surface area contributed by atoms with E-state index in [9.17, 15) is 15.3 Å². The topological polar surface area (TPSA) is 104 Å². The van der Waals surface area contributed by atoms with Crippen LogP contribution in [-0.2, 0) is 4.74 Å². The molecule has 1 aliphatic heterocycles. The van der Waals surface area contributed by atoms with Crippen molar-refractivity contribution in [3.8, 4) is 0 Å². The lowest BCUT2D eigenvalue weighted by Gasteiger charge is -2.27. The standard InChI is InChI=1S/C12H15N3O4S/c1-12(18)8(17)7(4-16)19-11(12)15-3-2-6-9(15)13-5-14-10(6)20/h2-3,5,7-8,11,16-18H,4H2,1H3,(H,13,14,20)/t7-,8?,11?,12?/m1/s1. The number of fused-ring (bicyclic) bond motifs is 1. The summed E-state index contributed by atoms with van der Waals surface area (Å²) in [4.78, 5) is 6.94. The Morgan fingerprint density at radius 2 is 2.35 bits per heavy atom. The van der Waals surface area contributed by atoms with Crippen LogP contribution in [0.5, 0.6) is 0 Å². The van der Waals surface area contributed by atoms with Crippen molar-refractivity contribution in [2.45, 2.75) is 31.0 Å². The molecule has 0 aliphatic carbocycles. The van der Waals surface area contributed by atoms with Gasteiger partial charge in [0, 0.05) is 6.20 Å². The van der Waals surface area contributed by atoms with Crippen molar-refractivity contribution in [1.29, 1.82) is 0 Å². The number of ether oxygens (including phenoxy) is 1. The van der Waals surface area contributed by atoms with Gasteiger partial charge in [0.15, 0.2) is 6.23 Å². The van der Waals surface area contributed by atoms with Gasteiger partial charge < -0.3 is 29.6 Å². The Morgan fingerprint density at radius 3 is 3.00 bits per heavy atom. The molecule has 4 atom stereocenters. The maximum Gasteiger partial charge on any atom is 0.167 e. The van der Waals surface area contributed by atoms with E-state index in [4.69, 9.17) is 17.0 Å². The van der Waals surface area contributed by atoms with Gasteiger partial charge in [-0.2, -0.15) is 0 Å². The largest absolute Gasteiger partial charge is 0.394 e. The molecule has 0 amide bonds. The number of aromatic amines is 1. The van der Waals surface area contributed by atoms with Crippen LogP contribution in [0.15, 0.2) is 18.6 Å². The lowest BCUT2D eigenvalue weighted by molar-refractivity contribution is -0.0948. The predicted molar refractivity (Wildman–Crippen MR) is 72.5 cm³/mol. The van der Waals surface area contributed by atoms with Crippen LogP contribution in [0.1, 0.15) is 13.2 Å². The first kappa shape index (κ1) is 13.7. The second-order valence-electron chi connectivity index (χ2n) is 5.07. The van der Waals surface area contributed by atoms with Crippen molar-refractivity contribution in [3.05, 3.63) is 23.2 Å². The van der Waals surface area contributed by atoms with Crippen LogP contribution in [0.25, 0.3) is 11.0 Å². The summed E-state index contributed by atoms with van der Waals surface area (Å²) in [6.45, 7) is 1.10. The zero-order chi connectivity index (χ0) is 14.5. The van der Waals surface area contributed by atoms with Gasteiger partial charge in [-0.05, 0) is 13.0 Å². The molecule has 3 heterocycles. The van der Waals surface area contributed by atoms with Crippen molar-refractivity contribution >= 4 is 23.3 Å². The number of hydrogen-bond donors (Lipinski definition) is 4. The third kappa shape index (κ3) is 1.80. The van der Waals surface area contributed by atoms with Gasteiger partial charge in [-0.3, -0.25) is 0 Å². The number of aliphatic hydroxyl groups is 3. The molecule has 3 unspecified atom stereocenters. The molecule has 2 aromatic rings. The molecule has 1 saturated heterocycles. The summed E-state index contributed by atoms with van der Waals surface area (Å²) in [5.41, 5.74) is -0.890. The summed E-state index contributed by atoms with van der Waals surface area (Å²) in [5, 5.41) is 30.4. The van der Waals surface area contributed by atoms with Gasteiger partial charge in [-0.1, -0.05) is 12.2 Å². The minimum absolute atomic E-state index is 0.370. The molecule has 1 fully saturated rings.